The van der Waals surface area contributed by atoms with Gasteiger partial charge >= 0.3 is 6.18 Å². The Morgan fingerprint density at radius 2 is 1.76 bits per heavy atom. The van der Waals surface area contributed by atoms with Crippen LogP contribution in [-0.2, 0) is 15.7 Å². The van der Waals surface area contributed by atoms with Gasteiger partial charge < -0.3 is 20.3 Å². The van der Waals surface area contributed by atoms with Crippen LogP contribution in [0.5, 0.6) is 0 Å². The Labute approximate surface area is 141 Å². The van der Waals surface area contributed by atoms with Crippen LogP contribution in [0.2, 0.25) is 0 Å². The summed E-state index contributed by atoms with van der Waals surface area (Å²) in [6.07, 6.45) is -1.78. The number of ether oxygens (including phenoxy) is 1. The Hall–Kier alpha value is -1.94. The highest BCUT2D eigenvalue weighted by atomic mass is 19.4. The molecular weight excluding hydrogens is 339 g/mol. The number of nitrogens with zero attached hydrogens (tertiary/aromatic N) is 4. The molecule has 10 heteroatoms. The van der Waals surface area contributed by atoms with Crippen LogP contribution >= 0.6 is 0 Å². The molecule has 1 aromatic rings. The summed E-state index contributed by atoms with van der Waals surface area (Å²) in [5.41, 5.74) is 4.04. The van der Waals surface area contributed by atoms with E-state index >= 15 is 0 Å². The van der Waals surface area contributed by atoms with Crippen LogP contribution in [0.15, 0.2) is 12.4 Å². The maximum atomic E-state index is 12.7. The van der Waals surface area contributed by atoms with E-state index in [-0.39, 0.29) is 17.4 Å². The summed E-state index contributed by atoms with van der Waals surface area (Å²) < 4.78 is 43.3. The summed E-state index contributed by atoms with van der Waals surface area (Å²) in [5, 5.41) is 0. The Bertz CT molecular complexity index is 679. The molecule has 1 aliphatic carbocycles. The molecule has 0 aromatic carbocycles. The summed E-state index contributed by atoms with van der Waals surface area (Å²) in [4.78, 5) is 23.8. The molecule has 0 unspecified atom stereocenters. The van der Waals surface area contributed by atoms with Crippen LogP contribution in [0.25, 0.3) is 0 Å². The lowest BCUT2D eigenvalue weighted by molar-refractivity contribution is -0.155. The van der Waals surface area contributed by atoms with Gasteiger partial charge in [-0.2, -0.15) is 13.2 Å². The molecule has 0 radical (unpaired) electrons. The van der Waals surface area contributed by atoms with Gasteiger partial charge in [0.25, 0.3) is 5.91 Å². The van der Waals surface area contributed by atoms with Gasteiger partial charge in [-0.05, 0) is 0 Å². The SMILES string of the molecule is NC12COC(C(=O)N3CCN(c4ncc(C(F)(F)F)cn4)CC3)(C1)C2. The number of halogens is 3. The lowest BCUT2D eigenvalue weighted by Crippen LogP contribution is -2.64. The molecule has 3 aliphatic heterocycles. The number of fused-ring (bicyclic) bond motifs is 1. The second-order valence-electron chi connectivity index (χ2n) is 7.05. The fourth-order valence-corrected chi connectivity index (χ4v) is 3.81. The predicted octanol–water partition coefficient (Wildman–Crippen LogP) is 0.404. The summed E-state index contributed by atoms with van der Waals surface area (Å²) in [5.74, 6) is 0.194. The zero-order valence-electron chi connectivity index (χ0n) is 13.4. The molecule has 2 bridgehead atoms. The number of hydrogen-bond donors (Lipinski definition) is 1. The third-order valence-electron chi connectivity index (χ3n) is 5.12. The lowest BCUT2D eigenvalue weighted by atomic mass is 9.68. The van der Waals surface area contributed by atoms with Crippen molar-refractivity contribution >= 4 is 11.9 Å². The number of alkyl halides is 3. The van der Waals surface area contributed by atoms with Gasteiger partial charge in [0.1, 0.15) is 0 Å². The molecule has 1 aromatic heterocycles. The Morgan fingerprint density at radius 3 is 2.24 bits per heavy atom. The number of carbonyl (C=O) groups excluding carboxylic acids is 1. The molecule has 2 N–H and O–H groups in total. The highest BCUT2D eigenvalue weighted by molar-refractivity contribution is 5.88. The number of nitrogens with two attached hydrogens (primary N) is 1. The van der Waals surface area contributed by atoms with E-state index in [0.29, 0.717) is 45.6 Å². The molecule has 7 nitrogen and oxygen atoms in total. The van der Waals surface area contributed by atoms with Crippen LogP contribution < -0.4 is 10.6 Å². The van der Waals surface area contributed by atoms with E-state index in [1.807, 2.05) is 0 Å². The van der Waals surface area contributed by atoms with E-state index in [9.17, 15) is 18.0 Å². The molecule has 4 aliphatic rings. The van der Waals surface area contributed by atoms with E-state index in [1.165, 1.54) is 0 Å². The molecule has 5 rings (SSSR count). The number of piperazine rings is 1. The average Bonchev–Trinajstić information content (AvgIpc) is 3.08. The predicted molar refractivity (Wildman–Crippen MR) is 80.7 cm³/mol. The zero-order valence-corrected chi connectivity index (χ0v) is 13.4. The standard InChI is InChI=1S/C15H18F3N5O2/c16-15(17,18)10-5-20-12(21-6-10)23-3-1-22(2-4-23)11(24)14-7-13(19,8-14)9-25-14/h5-6H,1-4,7-9,19H2. The Balaban J connectivity index is 1.36. The largest absolute Gasteiger partial charge is 0.419 e. The van der Waals surface area contributed by atoms with Gasteiger partial charge in [-0.3, -0.25) is 4.79 Å². The fourth-order valence-electron chi connectivity index (χ4n) is 3.81. The molecule has 136 valence electrons. The van der Waals surface area contributed by atoms with Crippen molar-refractivity contribution in [1.29, 1.82) is 0 Å². The number of carbonyl (C=O) groups is 1. The molecular formula is C15H18F3N5O2. The molecule has 25 heavy (non-hydrogen) atoms. The normalized spacial score (nSPS) is 31.8. The van der Waals surface area contributed by atoms with Crippen LogP contribution in [0.1, 0.15) is 18.4 Å². The highest BCUT2D eigenvalue weighted by Gasteiger charge is 2.65. The van der Waals surface area contributed by atoms with E-state index < -0.39 is 17.3 Å². The number of hydrogen-bond acceptors (Lipinski definition) is 6. The maximum absolute atomic E-state index is 12.7. The first-order chi connectivity index (χ1) is 11.7. The summed E-state index contributed by atoms with van der Waals surface area (Å²) in [6, 6.07) is 0. The first-order valence-electron chi connectivity index (χ1n) is 8.07. The minimum atomic E-state index is -4.45. The van der Waals surface area contributed by atoms with Crippen molar-refractivity contribution in [3.63, 3.8) is 0 Å². The van der Waals surface area contributed by atoms with Crippen LogP contribution in [-0.4, -0.2) is 64.7 Å². The topological polar surface area (TPSA) is 84.6 Å². The molecule has 4 fully saturated rings. The van der Waals surface area contributed by atoms with Gasteiger partial charge in [-0.15, -0.1) is 0 Å². The van der Waals surface area contributed by atoms with Gasteiger partial charge in [0.05, 0.1) is 12.2 Å². The van der Waals surface area contributed by atoms with Crippen molar-refractivity contribution in [2.75, 3.05) is 37.7 Å². The van der Waals surface area contributed by atoms with Crippen LogP contribution in [0.4, 0.5) is 19.1 Å². The maximum Gasteiger partial charge on any atom is 0.419 e. The number of amides is 1. The molecule has 3 saturated heterocycles. The van der Waals surface area contributed by atoms with Crippen LogP contribution in [0, 0.1) is 0 Å². The minimum Gasteiger partial charge on any atom is -0.363 e. The third kappa shape index (κ3) is 2.73. The molecule has 1 saturated carbocycles. The zero-order chi connectivity index (χ0) is 17.9. The minimum absolute atomic E-state index is 0.0425. The van der Waals surface area contributed by atoms with Crippen molar-refractivity contribution in [3.8, 4) is 0 Å². The number of rotatable bonds is 2. The average molecular weight is 357 g/mol. The second kappa shape index (κ2) is 5.28. The molecule has 4 heterocycles. The van der Waals surface area contributed by atoms with Gasteiger partial charge in [0, 0.05) is 57.0 Å². The van der Waals surface area contributed by atoms with Gasteiger partial charge in [-0.1, -0.05) is 0 Å². The smallest absolute Gasteiger partial charge is 0.363 e. The van der Waals surface area contributed by atoms with Gasteiger partial charge in [-0.25, -0.2) is 9.97 Å². The first-order valence-corrected chi connectivity index (χ1v) is 8.07. The van der Waals surface area contributed by atoms with Crippen molar-refractivity contribution in [2.24, 2.45) is 5.73 Å². The van der Waals surface area contributed by atoms with E-state index in [0.717, 1.165) is 12.4 Å². The summed E-state index contributed by atoms with van der Waals surface area (Å²) in [6.45, 7) is 2.23. The van der Waals surface area contributed by atoms with Crippen molar-refractivity contribution in [2.45, 2.75) is 30.2 Å². The van der Waals surface area contributed by atoms with Crippen molar-refractivity contribution < 1.29 is 22.7 Å². The fraction of sp³-hybridized carbons (Fsp3) is 0.667. The molecule has 0 spiro atoms. The van der Waals surface area contributed by atoms with E-state index in [1.54, 1.807) is 9.80 Å². The highest BCUT2D eigenvalue weighted by Crippen LogP contribution is 2.50. The van der Waals surface area contributed by atoms with Crippen molar-refractivity contribution in [1.82, 2.24) is 14.9 Å². The summed E-state index contributed by atoms with van der Waals surface area (Å²) >= 11 is 0. The van der Waals surface area contributed by atoms with Gasteiger partial charge in [0.15, 0.2) is 5.60 Å². The quantitative estimate of drug-likeness (QED) is 0.825. The first kappa shape index (κ1) is 16.5. The lowest BCUT2D eigenvalue weighted by Gasteiger charge is -2.45. The third-order valence-corrected chi connectivity index (χ3v) is 5.12. The van der Waals surface area contributed by atoms with E-state index in [4.69, 9.17) is 10.5 Å². The van der Waals surface area contributed by atoms with E-state index in [2.05, 4.69) is 9.97 Å². The van der Waals surface area contributed by atoms with Crippen molar-refractivity contribution in [3.05, 3.63) is 18.0 Å². The number of aromatic nitrogens is 2. The summed E-state index contributed by atoms with van der Waals surface area (Å²) in [7, 11) is 0. The monoisotopic (exact) mass is 357 g/mol. The second-order valence-corrected chi connectivity index (χ2v) is 7.05. The molecule has 1 amide bonds. The molecule has 0 atom stereocenters. The van der Waals surface area contributed by atoms with Gasteiger partial charge in [0.2, 0.25) is 5.95 Å². The number of anilines is 1. The van der Waals surface area contributed by atoms with Crippen LogP contribution in [0.3, 0.4) is 0 Å². The Kier molecular flexibility index (Phi) is 3.49. The Morgan fingerprint density at radius 1 is 1.16 bits per heavy atom.